The van der Waals surface area contributed by atoms with Crippen LogP contribution in [-0.2, 0) is 26.2 Å². The summed E-state index contributed by atoms with van der Waals surface area (Å²) in [7, 11) is -2.46. The molecule has 0 radical (unpaired) electrons. The maximum atomic E-state index is 13.4. The molecule has 0 saturated heterocycles. The lowest BCUT2D eigenvalue weighted by atomic mass is 10.1. The van der Waals surface area contributed by atoms with E-state index in [1.54, 1.807) is 31.4 Å². The van der Waals surface area contributed by atoms with Crippen LogP contribution in [0.4, 0.5) is 0 Å². The third-order valence-electron chi connectivity index (χ3n) is 6.17. The number of methoxy groups -OCH3 is 1. The van der Waals surface area contributed by atoms with Crippen LogP contribution in [0, 0.1) is 0 Å². The summed E-state index contributed by atoms with van der Waals surface area (Å²) in [5.41, 5.74) is 0.892. The van der Waals surface area contributed by atoms with E-state index in [4.69, 9.17) is 4.74 Å². The number of ether oxygens (including phenoxy) is 1. The first kappa shape index (κ1) is 27.2. The number of rotatable bonds is 12. The van der Waals surface area contributed by atoms with Gasteiger partial charge in [-0.2, -0.15) is 0 Å². The summed E-state index contributed by atoms with van der Waals surface area (Å²) in [6.07, 6.45) is 1.89. The number of carbonyl (C=O) groups excluding carboxylic acids is 3. The molecule has 2 aromatic carbocycles. The molecule has 0 aromatic heterocycles. The maximum absolute atomic E-state index is 13.4. The second-order valence-corrected chi connectivity index (χ2v) is 10.4. The third-order valence-corrected chi connectivity index (χ3v) is 8.01. The van der Waals surface area contributed by atoms with E-state index in [0.717, 1.165) is 22.7 Å². The minimum Gasteiger partial charge on any atom is -0.497 e. The third kappa shape index (κ3) is 5.87. The van der Waals surface area contributed by atoms with E-state index >= 15 is 0 Å². The SMILES string of the molecule is CCCCNC(=O)[C@H](CC)N(Cc1ccc(OC)cc1)C(=O)CCN1C(=O)c2ccccc2S1(=O)=O. The Morgan fingerprint density at radius 3 is 2.39 bits per heavy atom. The van der Waals surface area contributed by atoms with Crippen LogP contribution in [0.5, 0.6) is 5.75 Å². The summed E-state index contributed by atoms with van der Waals surface area (Å²) in [5, 5.41) is 2.89. The Bertz CT molecular complexity index is 1200. The minimum absolute atomic E-state index is 0.0562. The van der Waals surface area contributed by atoms with E-state index < -0.39 is 27.9 Å². The molecule has 1 N–H and O–H groups in total. The van der Waals surface area contributed by atoms with Crippen molar-refractivity contribution in [1.29, 1.82) is 0 Å². The lowest BCUT2D eigenvalue weighted by Gasteiger charge is -2.31. The zero-order chi connectivity index (χ0) is 26.3. The van der Waals surface area contributed by atoms with Crippen molar-refractivity contribution in [3.8, 4) is 5.75 Å². The van der Waals surface area contributed by atoms with Crippen LogP contribution in [0.15, 0.2) is 53.4 Å². The molecule has 194 valence electrons. The Labute approximate surface area is 212 Å². The molecule has 0 fully saturated rings. The molecule has 9 nitrogen and oxygen atoms in total. The Morgan fingerprint density at radius 2 is 1.78 bits per heavy atom. The van der Waals surface area contributed by atoms with Crippen molar-refractivity contribution in [3.05, 3.63) is 59.7 Å². The Morgan fingerprint density at radius 1 is 1.08 bits per heavy atom. The van der Waals surface area contributed by atoms with E-state index in [9.17, 15) is 22.8 Å². The first-order valence-corrected chi connectivity index (χ1v) is 13.5. The molecule has 3 amide bonds. The summed E-state index contributed by atoms with van der Waals surface area (Å²) in [5.74, 6) is -0.657. The number of nitrogens with zero attached hydrogens (tertiary/aromatic N) is 2. The van der Waals surface area contributed by atoms with Crippen molar-refractivity contribution >= 4 is 27.7 Å². The monoisotopic (exact) mass is 515 g/mol. The van der Waals surface area contributed by atoms with Crippen molar-refractivity contribution in [2.75, 3.05) is 20.2 Å². The summed E-state index contributed by atoms with van der Waals surface area (Å²) in [6.45, 7) is 4.21. The lowest BCUT2D eigenvalue weighted by molar-refractivity contribution is -0.141. The van der Waals surface area contributed by atoms with Gasteiger partial charge in [0.2, 0.25) is 11.8 Å². The quantitative estimate of drug-likeness (QED) is 0.435. The molecule has 0 bridgehead atoms. The van der Waals surface area contributed by atoms with Crippen molar-refractivity contribution in [3.63, 3.8) is 0 Å². The molecule has 36 heavy (non-hydrogen) atoms. The van der Waals surface area contributed by atoms with Gasteiger partial charge in [0.25, 0.3) is 15.9 Å². The van der Waals surface area contributed by atoms with Crippen LogP contribution in [-0.4, -0.2) is 61.6 Å². The number of fused-ring (bicyclic) bond motifs is 1. The Hall–Kier alpha value is -3.40. The summed E-state index contributed by atoms with van der Waals surface area (Å²) in [6, 6.07) is 12.4. The Kier molecular flexibility index (Phi) is 9.08. The topological polar surface area (TPSA) is 113 Å². The summed E-state index contributed by atoms with van der Waals surface area (Å²) < 4.78 is 31.7. The molecule has 1 aliphatic heterocycles. The van der Waals surface area contributed by atoms with Gasteiger partial charge in [0, 0.05) is 26.1 Å². The minimum atomic E-state index is -4.02. The molecule has 0 saturated carbocycles. The highest BCUT2D eigenvalue weighted by molar-refractivity contribution is 7.90. The molecular formula is C26H33N3O6S. The van der Waals surface area contributed by atoms with E-state index in [1.807, 2.05) is 26.0 Å². The zero-order valence-electron chi connectivity index (χ0n) is 20.9. The first-order valence-electron chi connectivity index (χ1n) is 12.1. The number of sulfonamides is 1. The molecule has 1 heterocycles. The van der Waals surface area contributed by atoms with Gasteiger partial charge >= 0.3 is 0 Å². The van der Waals surface area contributed by atoms with Crippen molar-refractivity contribution in [1.82, 2.24) is 14.5 Å². The number of nitrogens with one attached hydrogen (secondary N) is 1. The van der Waals surface area contributed by atoms with Gasteiger partial charge in [-0.15, -0.1) is 0 Å². The van der Waals surface area contributed by atoms with E-state index in [0.29, 0.717) is 18.7 Å². The fourth-order valence-corrected chi connectivity index (χ4v) is 5.72. The number of amides is 3. The fourth-order valence-electron chi connectivity index (χ4n) is 4.15. The van der Waals surface area contributed by atoms with Gasteiger partial charge in [-0.1, -0.05) is 44.5 Å². The second kappa shape index (κ2) is 12.0. The second-order valence-electron chi connectivity index (χ2n) is 8.57. The average Bonchev–Trinajstić information content (AvgIpc) is 3.07. The highest BCUT2D eigenvalue weighted by atomic mass is 32.2. The predicted molar refractivity (Wildman–Crippen MR) is 135 cm³/mol. The van der Waals surface area contributed by atoms with Crippen LogP contribution >= 0.6 is 0 Å². The molecule has 0 spiro atoms. The number of carbonyl (C=O) groups is 3. The molecule has 1 atom stereocenters. The normalized spacial score (nSPS) is 14.8. The van der Waals surface area contributed by atoms with Crippen molar-refractivity contribution in [2.45, 2.75) is 57.0 Å². The lowest BCUT2D eigenvalue weighted by Crippen LogP contribution is -2.49. The number of unbranched alkanes of at least 4 members (excludes halogenated alkanes) is 1. The van der Waals surface area contributed by atoms with Gasteiger partial charge in [-0.25, -0.2) is 12.7 Å². The van der Waals surface area contributed by atoms with Gasteiger partial charge in [0.15, 0.2) is 0 Å². The van der Waals surface area contributed by atoms with Gasteiger partial charge in [-0.05, 0) is 42.7 Å². The van der Waals surface area contributed by atoms with Crippen LogP contribution < -0.4 is 10.1 Å². The predicted octanol–water partition coefficient (Wildman–Crippen LogP) is 2.95. The molecular weight excluding hydrogens is 482 g/mol. The van der Waals surface area contributed by atoms with Gasteiger partial charge in [0.05, 0.1) is 12.7 Å². The van der Waals surface area contributed by atoms with Gasteiger partial charge in [-0.3, -0.25) is 14.4 Å². The number of hydrogen-bond donors (Lipinski definition) is 1. The molecule has 1 aliphatic rings. The molecule has 2 aromatic rings. The first-order chi connectivity index (χ1) is 17.2. The van der Waals surface area contributed by atoms with E-state index in [1.165, 1.54) is 17.0 Å². The highest BCUT2D eigenvalue weighted by Gasteiger charge is 2.41. The van der Waals surface area contributed by atoms with Crippen LogP contribution in [0.25, 0.3) is 0 Å². The van der Waals surface area contributed by atoms with Crippen LogP contribution in [0.3, 0.4) is 0 Å². The molecule has 0 aliphatic carbocycles. The Balaban J connectivity index is 1.80. The van der Waals surface area contributed by atoms with Crippen molar-refractivity contribution < 1.29 is 27.5 Å². The number of benzene rings is 2. The van der Waals surface area contributed by atoms with Gasteiger partial charge in [0.1, 0.15) is 16.7 Å². The standard InChI is InChI=1S/C26H33N3O6S/c1-4-6-16-27-25(31)22(5-2)28(18-19-11-13-20(35-3)14-12-19)24(30)15-17-29-26(32)21-9-7-8-10-23(21)36(29,33)34/h7-14,22H,4-6,15-18H2,1-3H3,(H,27,31)/t22-/m0/s1. The molecule has 10 heteroatoms. The molecule has 3 rings (SSSR count). The smallest absolute Gasteiger partial charge is 0.269 e. The van der Waals surface area contributed by atoms with Crippen LogP contribution in [0.2, 0.25) is 0 Å². The van der Waals surface area contributed by atoms with Crippen molar-refractivity contribution in [2.24, 2.45) is 0 Å². The average molecular weight is 516 g/mol. The van der Waals surface area contributed by atoms with Gasteiger partial charge < -0.3 is 15.0 Å². The fraction of sp³-hybridized carbons (Fsp3) is 0.423. The highest BCUT2D eigenvalue weighted by Crippen LogP contribution is 2.30. The van der Waals surface area contributed by atoms with E-state index in [-0.39, 0.29) is 35.9 Å². The summed E-state index contributed by atoms with van der Waals surface area (Å²) in [4.78, 5) is 40.5. The van der Waals surface area contributed by atoms with Crippen LogP contribution in [0.1, 0.15) is 55.5 Å². The summed E-state index contributed by atoms with van der Waals surface area (Å²) >= 11 is 0. The molecule has 0 unspecified atom stereocenters. The largest absolute Gasteiger partial charge is 0.497 e. The number of hydrogen-bond acceptors (Lipinski definition) is 6. The maximum Gasteiger partial charge on any atom is 0.269 e. The zero-order valence-corrected chi connectivity index (χ0v) is 21.7. The van der Waals surface area contributed by atoms with E-state index in [2.05, 4.69) is 5.32 Å².